The first-order valence-corrected chi connectivity index (χ1v) is 5.00. The Labute approximate surface area is 77.2 Å². The lowest BCUT2D eigenvalue weighted by Gasteiger charge is -2.19. The van der Waals surface area contributed by atoms with Gasteiger partial charge in [-0.3, -0.25) is 0 Å². The number of unbranched alkanes of at least 4 members (excludes halogenated alkanes) is 2. The summed E-state index contributed by atoms with van der Waals surface area (Å²) in [4.78, 5) is 0. The highest BCUT2D eigenvalue weighted by Crippen LogP contribution is 2.10. The molecule has 0 aliphatic rings. The van der Waals surface area contributed by atoms with E-state index in [4.69, 9.17) is 0 Å². The van der Waals surface area contributed by atoms with Gasteiger partial charge in [0.05, 0.1) is 0 Å². The quantitative estimate of drug-likeness (QED) is 0.456. The van der Waals surface area contributed by atoms with Crippen molar-refractivity contribution < 1.29 is 0 Å². The smallest absolute Gasteiger partial charge is 0.00870 e. The van der Waals surface area contributed by atoms with Crippen molar-refractivity contribution in [1.29, 1.82) is 0 Å². The van der Waals surface area contributed by atoms with Gasteiger partial charge in [-0.1, -0.05) is 26.3 Å². The Bertz CT molecular complexity index is 108. The summed E-state index contributed by atoms with van der Waals surface area (Å²) >= 11 is 0. The molecular weight excluding hydrogens is 146 g/mol. The zero-order valence-electron chi connectivity index (χ0n) is 8.77. The van der Waals surface area contributed by atoms with Crippen LogP contribution in [-0.4, -0.2) is 13.1 Å². The van der Waals surface area contributed by atoms with Crippen LogP contribution in [0.1, 0.15) is 39.5 Å². The van der Waals surface area contributed by atoms with E-state index in [1.807, 2.05) is 6.08 Å². The molecule has 0 aromatic carbocycles. The minimum atomic E-state index is 0.690. The monoisotopic (exact) mass is 169 g/mol. The van der Waals surface area contributed by atoms with Crippen molar-refractivity contribution in [1.82, 2.24) is 5.32 Å². The fourth-order valence-corrected chi connectivity index (χ4v) is 1.46. The number of hydrogen-bond acceptors (Lipinski definition) is 1. The summed E-state index contributed by atoms with van der Waals surface area (Å²) in [7, 11) is 2.05. The van der Waals surface area contributed by atoms with Crippen LogP contribution < -0.4 is 5.32 Å². The van der Waals surface area contributed by atoms with Gasteiger partial charge in [0.15, 0.2) is 0 Å². The van der Waals surface area contributed by atoms with Crippen molar-refractivity contribution in [3.63, 3.8) is 0 Å². The van der Waals surface area contributed by atoms with Gasteiger partial charge in [0, 0.05) is 6.04 Å². The molecule has 1 nitrogen and oxygen atoms in total. The van der Waals surface area contributed by atoms with Crippen LogP contribution in [0.2, 0.25) is 0 Å². The van der Waals surface area contributed by atoms with Crippen LogP contribution in [0.25, 0.3) is 0 Å². The average molecular weight is 169 g/mol. The highest BCUT2D eigenvalue weighted by atomic mass is 14.9. The van der Waals surface area contributed by atoms with E-state index in [1.54, 1.807) is 0 Å². The largest absolute Gasteiger partial charge is 0.317 e. The molecule has 0 aliphatic carbocycles. The zero-order valence-corrected chi connectivity index (χ0v) is 8.77. The molecule has 0 rings (SSSR count). The Morgan fingerprint density at radius 3 is 2.42 bits per heavy atom. The second-order valence-electron chi connectivity index (χ2n) is 3.71. The Morgan fingerprint density at radius 1 is 1.33 bits per heavy atom. The van der Waals surface area contributed by atoms with Crippen LogP contribution in [-0.2, 0) is 0 Å². The Morgan fingerprint density at radius 2 is 2.00 bits per heavy atom. The fourth-order valence-electron chi connectivity index (χ4n) is 1.46. The van der Waals surface area contributed by atoms with Gasteiger partial charge in [0.2, 0.25) is 0 Å². The van der Waals surface area contributed by atoms with E-state index >= 15 is 0 Å². The summed E-state index contributed by atoms with van der Waals surface area (Å²) in [6.45, 7) is 8.26. The van der Waals surface area contributed by atoms with E-state index in [0.29, 0.717) is 6.04 Å². The first-order chi connectivity index (χ1) is 5.72. The van der Waals surface area contributed by atoms with Crippen molar-refractivity contribution in [3.05, 3.63) is 12.7 Å². The molecule has 0 amide bonds. The fraction of sp³-hybridized carbons (Fsp3) is 0.818. The Balaban J connectivity index is 3.38. The zero-order chi connectivity index (χ0) is 9.40. The van der Waals surface area contributed by atoms with Crippen molar-refractivity contribution in [2.45, 2.75) is 45.6 Å². The van der Waals surface area contributed by atoms with Gasteiger partial charge in [0.25, 0.3) is 0 Å². The first kappa shape index (κ1) is 11.7. The van der Waals surface area contributed by atoms with Gasteiger partial charge >= 0.3 is 0 Å². The molecule has 1 heteroatoms. The van der Waals surface area contributed by atoms with Crippen molar-refractivity contribution in [3.8, 4) is 0 Å². The molecule has 72 valence electrons. The molecule has 0 heterocycles. The summed E-state index contributed by atoms with van der Waals surface area (Å²) in [5.74, 6) is 0.749. The summed E-state index contributed by atoms with van der Waals surface area (Å²) in [6, 6.07) is 0.690. The third-order valence-electron chi connectivity index (χ3n) is 2.35. The van der Waals surface area contributed by atoms with Crippen molar-refractivity contribution >= 4 is 0 Å². The number of nitrogens with one attached hydrogen (secondary N) is 1. The highest BCUT2D eigenvalue weighted by Gasteiger charge is 2.08. The lowest BCUT2D eigenvalue weighted by molar-refractivity contribution is 0.390. The Hall–Kier alpha value is -0.300. The molecule has 0 bridgehead atoms. The molecule has 0 aromatic heterocycles. The summed E-state index contributed by atoms with van der Waals surface area (Å²) in [5, 5.41) is 3.35. The topological polar surface area (TPSA) is 12.0 Å². The maximum atomic E-state index is 3.72. The molecule has 0 saturated carbocycles. The van der Waals surface area contributed by atoms with Crippen molar-refractivity contribution in [2.75, 3.05) is 7.05 Å². The third kappa shape index (κ3) is 5.36. The normalized spacial score (nSPS) is 13.3. The van der Waals surface area contributed by atoms with Crippen LogP contribution in [0.5, 0.6) is 0 Å². The minimum Gasteiger partial charge on any atom is -0.317 e. The van der Waals surface area contributed by atoms with Gasteiger partial charge in [-0.2, -0.15) is 0 Å². The molecule has 1 unspecified atom stereocenters. The molecule has 0 aromatic rings. The van der Waals surface area contributed by atoms with E-state index in [0.717, 1.165) is 12.3 Å². The maximum absolute atomic E-state index is 3.72. The van der Waals surface area contributed by atoms with Crippen LogP contribution >= 0.6 is 0 Å². The molecule has 0 spiro atoms. The first-order valence-electron chi connectivity index (χ1n) is 5.00. The number of rotatable bonds is 7. The number of allylic oxidation sites excluding steroid dienone is 1. The van der Waals surface area contributed by atoms with E-state index in [9.17, 15) is 0 Å². The van der Waals surface area contributed by atoms with Crippen molar-refractivity contribution in [2.24, 2.45) is 5.92 Å². The van der Waals surface area contributed by atoms with Gasteiger partial charge in [-0.15, -0.1) is 6.58 Å². The summed E-state index contributed by atoms with van der Waals surface area (Å²) < 4.78 is 0. The predicted molar refractivity (Wildman–Crippen MR) is 56.4 cm³/mol. The molecule has 0 fully saturated rings. The van der Waals surface area contributed by atoms with Crippen LogP contribution in [0.15, 0.2) is 12.7 Å². The molecule has 1 atom stereocenters. The lowest BCUT2D eigenvalue weighted by atomic mass is 9.98. The maximum Gasteiger partial charge on any atom is 0.00870 e. The second-order valence-corrected chi connectivity index (χ2v) is 3.71. The molecule has 12 heavy (non-hydrogen) atoms. The van der Waals surface area contributed by atoms with E-state index in [1.165, 1.54) is 19.3 Å². The van der Waals surface area contributed by atoms with E-state index < -0.39 is 0 Å². The third-order valence-corrected chi connectivity index (χ3v) is 2.35. The molecule has 1 N–H and O–H groups in total. The number of hydrogen-bond donors (Lipinski definition) is 1. The van der Waals surface area contributed by atoms with Gasteiger partial charge in [-0.25, -0.2) is 0 Å². The Kier molecular flexibility index (Phi) is 7.17. The van der Waals surface area contributed by atoms with Crippen LogP contribution in [0.4, 0.5) is 0 Å². The summed E-state index contributed by atoms with van der Waals surface area (Å²) in [6.07, 6.45) is 7.06. The molecule has 0 aliphatic heterocycles. The average Bonchev–Trinajstić information content (AvgIpc) is 2.04. The SMILES string of the molecule is C=CCCCCC(NC)C(C)C. The van der Waals surface area contributed by atoms with Gasteiger partial charge < -0.3 is 5.32 Å². The minimum absolute atomic E-state index is 0.690. The standard InChI is InChI=1S/C11H23N/c1-5-6-7-8-9-11(12-4)10(2)3/h5,10-12H,1,6-9H2,2-4H3. The molecular formula is C11H23N. The lowest BCUT2D eigenvalue weighted by Crippen LogP contribution is -2.30. The van der Waals surface area contributed by atoms with Gasteiger partial charge in [-0.05, 0) is 32.2 Å². The summed E-state index contributed by atoms with van der Waals surface area (Å²) in [5.41, 5.74) is 0. The van der Waals surface area contributed by atoms with Crippen LogP contribution in [0.3, 0.4) is 0 Å². The highest BCUT2D eigenvalue weighted by molar-refractivity contribution is 4.70. The van der Waals surface area contributed by atoms with Crippen LogP contribution in [0, 0.1) is 5.92 Å². The second kappa shape index (κ2) is 7.35. The molecule has 0 saturated heterocycles. The predicted octanol–water partition coefficient (Wildman–Crippen LogP) is 2.98. The molecule has 0 radical (unpaired) electrons. The van der Waals surface area contributed by atoms with E-state index in [2.05, 4.69) is 32.8 Å². The van der Waals surface area contributed by atoms with E-state index in [-0.39, 0.29) is 0 Å². The van der Waals surface area contributed by atoms with Gasteiger partial charge in [0.1, 0.15) is 0 Å².